The standard InChI is InChI=1S/C13H20N2O2/c1-3-4-5-6-10(2)15-13(17)11-7-8-14-9-12(11)16/h7-10,16H,3-6H2,1-2H3,(H,15,17). The van der Waals surface area contributed by atoms with E-state index in [9.17, 15) is 9.90 Å². The highest BCUT2D eigenvalue weighted by Crippen LogP contribution is 2.14. The summed E-state index contributed by atoms with van der Waals surface area (Å²) in [5.74, 6) is -0.320. The Balaban J connectivity index is 2.46. The fourth-order valence-corrected chi connectivity index (χ4v) is 1.65. The number of unbranched alkanes of at least 4 members (excludes halogenated alkanes) is 2. The van der Waals surface area contributed by atoms with Crippen LogP contribution in [0.1, 0.15) is 49.9 Å². The van der Waals surface area contributed by atoms with Crippen LogP contribution in [0.25, 0.3) is 0 Å². The van der Waals surface area contributed by atoms with E-state index in [0.717, 1.165) is 12.8 Å². The Morgan fingerprint density at radius 1 is 1.53 bits per heavy atom. The fraction of sp³-hybridized carbons (Fsp3) is 0.538. The van der Waals surface area contributed by atoms with Crippen molar-refractivity contribution >= 4 is 5.91 Å². The number of aromatic hydroxyl groups is 1. The van der Waals surface area contributed by atoms with Gasteiger partial charge in [-0.05, 0) is 19.4 Å². The predicted octanol–water partition coefficient (Wildman–Crippen LogP) is 2.49. The molecular formula is C13H20N2O2. The number of pyridine rings is 1. The number of hydrogen-bond acceptors (Lipinski definition) is 3. The molecule has 0 aromatic carbocycles. The molecule has 1 heterocycles. The SMILES string of the molecule is CCCCCC(C)NC(=O)c1ccncc1O. The molecule has 0 spiro atoms. The third-order valence-electron chi connectivity index (χ3n) is 2.66. The molecule has 0 bridgehead atoms. The maximum Gasteiger partial charge on any atom is 0.255 e. The van der Waals surface area contributed by atoms with E-state index in [-0.39, 0.29) is 23.3 Å². The number of nitrogens with one attached hydrogen (secondary N) is 1. The van der Waals surface area contributed by atoms with Gasteiger partial charge in [-0.2, -0.15) is 0 Å². The lowest BCUT2D eigenvalue weighted by atomic mass is 10.1. The summed E-state index contributed by atoms with van der Waals surface area (Å²) in [6, 6.07) is 1.64. The summed E-state index contributed by atoms with van der Waals surface area (Å²) in [5.41, 5.74) is 0.280. The minimum Gasteiger partial charge on any atom is -0.505 e. The van der Waals surface area contributed by atoms with Gasteiger partial charge in [0.1, 0.15) is 5.75 Å². The number of aromatic nitrogens is 1. The van der Waals surface area contributed by atoms with E-state index in [4.69, 9.17) is 0 Å². The molecule has 4 heteroatoms. The average Bonchev–Trinajstić information content (AvgIpc) is 2.29. The molecule has 1 atom stereocenters. The number of hydrogen-bond donors (Lipinski definition) is 2. The Kier molecular flexibility index (Phi) is 5.46. The van der Waals surface area contributed by atoms with Crippen molar-refractivity contribution in [2.24, 2.45) is 0 Å². The van der Waals surface area contributed by atoms with Crippen LogP contribution in [0.3, 0.4) is 0 Å². The molecule has 0 radical (unpaired) electrons. The smallest absolute Gasteiger partial charge is 0.255 e. The van der Waals surface area contributed by atoms with Crippen molar-refractivity contribution in [3.05, 3.63) is 24.0 Å². The van der Waals surface area contributed by atoms with Gasteiger partial charge in [0.2, 0.25) is 0 Å². The molecule has 17 heavy (non-hydrogen) atoms. The molecule has 1 unspecified atom stereocenters. The fourth-order valence-electron chi connectivity index (χ4n) is 1.65. The Labute approximate surface area is 102 Å². The minimum atomic E-state index is -0.242. The lowest BCUT2D eigenvalue weighted by Crippen LogP contribution is -2.32. The average molecular weight is 236 g/mol. The van der Waals surface area contributed by atoms with Crippen molar-refractivity contribution in [2.75, 3.05) is 0 Å². The molecule has 0 saturated heterocycles. The molecule has 0 aliphatic heterocycles. The molecule has 1 aromatic rings. The third-order valence-corrected chi connectivity index (χ3v) is 2.66. The minimum absolute atomic E-state index is 0.0780. The zero-order chi connectivity index (χ0) is 12.7. The van der Waals surface area contributed by atoms with Crippen molar-refractivity contribution in [1.29, 1.82) is 0 Å². The summed E-state index contributed by atoms with van der Waals surface area (Å²) in [7, 11) is 0. The molecule has 0 aliphatic rings. The number of rotatable bonds is 6. The van der Waals surface area contributed by atoms with E-state index < -0.39 is 0 Å². The van der Waals surface area contributed by atoms with E-state index in [0.29, 0.717) is 0 Å². The summed E-state index contributed by atoms with van der Waals surface area (Å²) in [6.45, 7) is 4.13. The Bertz CT molecular complexity index is 366. The van der Waals surface area contributed by atoms with Crippen LogP contribution >= 0.6 is 0 Å². The molecule has 0 fully saturated rings. The number of carbonyl (C=O) groups excluding carboxylic acids is 1. The summed E-state index contributed by atoms with van der Waals surface area (Å²) in [4.78, 5) is 15.5. The van der Waals surface area contributed by atoms with Gasteiger partial charge in [0, 0.05) is 12.2 Å². The Morgan fingerprint density at radius 2 is 2.29 bits per heavy atom. The van der Waals surface area contributed by atoms with Crippen LogP contribution in [0.15, 0.2) is 18.5 Å². The van der Waals surface area contributed by atoms with Crippen LogP contribution in [-0.4, -0.2) is 22.0 Å². The van der Waals surface area contributed by atoms with Gasteiger partial charge in [0.15, 0.2) is 0 Å². The summed E-state index contributed by atoms with van der Waals surface area (Å²) in [6.07, 6.45) is 7.20. The second kappa shape index (κ2) is 6.89. The van der Waals surface area contributed by atoms with Crippen molar-refractivity contribution in [2.45, 2.75) is 45.6 Å². The topological polar surface area (TPSA) is 62.2 Å². The molecule has 1 rings (SSSR count). The van der Waals surface area contributed by atoms with Gasteiger partial charge < -0.3 is 10.4 Å². The zero-order valence-corrected chi connectivity index (χ0v) is 10.4. The highest BCUT2D eigenvalue weighted by Gasteiger charge is 2.12. The summed E-state index contributed by atoms with van der Waals surface area (Å²) >= 11 is 0. The van der Waals surface area contributed by atoms with Crippen LogP contribution < -0.4 is 5.32 Å². The van der Waals surface area contributed by atoms with E-state index >= 15 is 0 Å². The van der Waals surface area contributed by atoms with Gasteiger partial charge in [-0.3, -0.25) is 9.78 Å². The molecule has 1 aromatic heterocycles. The van der Waals surface area contributed by atoms with Crippen LogP contribution in [-0.2, 0) is 0 Å². The lowest BCUT2D eigenvalue weighted by molar-refractivity contribution is 0.0935. The lowest BCUT2D eigenvalue weighted by Gasteiger charge is -2.13. The maximum absolute atomic E-state index is 11.8. The molecule has 0 aliphatic carbocycles. The largest absolute Gasteiger partial charge is 0.505 e. The van der Waals surface area contributed by atoms with Gasteiger partial charge in [-0.25, -0.2) is 0 Å². The highest BCUT2D eigenvalue weighted by molar-refractivity contribution is 5.96. The first kappa shape index (κ1) is 13.5. The van der Waals surface area contributed by atoms with Gasteiger partial charge in [0.05, 0.1) is 11.8 Å². The number of amides is 1. The molecule has 1 amide bonds. The van der Waals surface area contributed by atoms with Crippen LogP contribution in [0.2, 0.25) is 0 Å². The van der Waals surface area contributed by atoms with Crippen LogP contribution in [0.4, 0.5) is 0 Å². The second-order valence-electron chi connectivity index (χ2n) is 4.26. The normalized spacial score (nSPS) is 12.1. The first-order valence-electron chi connectivity index (χ1n) is 6.09. The number of carbonyl (C=O) groups is 1. The van der Waals surface area contributed by atoms with E-state index in [1.54, 1.807) is 0 Å². The van der Waals surface area contributed by atoms with Crippen molar-refractivity contribution in [3.63, 3.8) is 0 Å². The summed E-state index contributed by atoms with van der Waals surface area (Å²) < 4.78 is 0. The molecule has 2 N–H and O–H groups in total. The van der Waals surface area contributed by atoms with Crippen molar-refractivity contribution < 1.29 is 9.90 Å². The van der Waals surface area contributed by atoms with Crippen molar-refractivity contribution in [1.82, 2.24) is 10.3 Å². The van der Waals surface area contributed by atoms with Gasteiger partial charge in [-0.1, -0.05) is 26.2 Å². The maximum atomic E-state index is 11.8. The molecule has 4 nitrogen and oxygen atoms in total. The Morgan fingerprint density at radius 3 is 2.94 bits per heavy atom. The third kappa shape index (κ3) is 4.43. The summed E-state index contributed by atoms with van der Waals surface area (Å²) in [5, 5.41) is 12.4. The molecule has 0 saturated carbocycles. The van der Waals surface area contributed by atoms with Crippen LogP contribution in [0.5, 0.6) is 5.75 Å². The van der Waals surface area contributed by atoms with E-state index in [2.05, 4.69) is 17.2 Å². The zero-order valence-electron chi connectivity index (χ0n) is 10.4. The number of nitrogens with zero attached hydrogens (tertiary/aromatic N) is 1. The van der Waals surface area contributed by atoms with E-state index in [1.165, 1.54) is 31.3 Å². The highest BCUT2D eigenvalue weighted by atomic mass is 16.3. The first-order chi connectivity index (χ1) is 8.15. The first-order valence-corrected chi connectivity index (χ1v) is 6.09. The predicted molar refractivity (Wildman–Crippen MR) is 67.0 cm³/mol. The van der Waals surface area contributed by atoms with Gasteiger partial charge in [-0.15, -0.1) is 0 Å². The van der Waals surface area contributed by atoms with Gasteiger partial charge >= 0.3 is 0 Å². The molecular weight excluding hydrogens is 216 g/mol. The van der Waals surface area contributed by atoms with Gasteiger partial charge in [0.25, 0.3) is 5.91 Å². The monoisotopic (exact) mass is 236 g/mol. The van der Waals surface area contributed by atoms with Crippen LogP contribution in [0, 0.1) is 0 Å². The quantitative estimate of drug-likeness (QED) is 0.746. The second-order valence-corrected chi connectivity index (χ2v) is 4.26. The van der Waals surface area contributed by atoms with E-state index in [1.807, 2.05) is 6.92 Å². The molecule has 94 valence electrons. The Hall–Kier alpha value is -1.58. The van der Waals surface area contributed by atoms with Crippen molar-refractivity contribution in [3.8, 4) is 5.75 Å².